The maximum absolute atomic E-state index is 2.51. The third-order valence-electron chi connectivity index (χ3n) is 5.35. The Bertz CT molecular complexity index is 731. The van der Waals surface area contributed by atoms with Crippen molar-refractivity contribution in [1.29, 1.82) is 0 Å². The summed E-state index contributed by atoms with van der Waals surface area (Å²) in [4.78, 5) is 0. The first kappa shape index (κ1) is 18.0. The van der Waals surface area contributed by atoms with E-state index in [4.69, 9.17) is 0 Å². The molecule has 0 saturated carbocycles. The number of benzene rings is 3. The molecular formula is C23H24S2Si. The highest BCUT2D eigenvalue weighted by Gasteiger charge is 2.55. The molecule has 1 aliphatic heterocycles. The topological polar surface area (TPSA) is 0 Å². The minimum Gasteiger partial charge on any atom is -0.147 e. The highest BCUT2D eigenvalue weighted by atomic mass is 32.2. The van der Waals surface area contributed by atoms with E-state index in [1.807, 2.05) is 0 Å². The summed E-state index contributed by atoms with van der Waals surface area (Å²) < 4.78 is 0.176. The van der Waals surface area contributed by atoms with Crippen LogP contribution in [0.2, 0.25) is 0 Å². The van der Waals surface area contributed by atoms with Gasteiger partial charge >= 0.3 is 0 Å². The minimum absolute atomic E-state index is 0.176. The molecule has 132 valence electrons. The molecule has 0 atom stereocenters. The van der Waals surface area contributed by atoms with Gasteiger partial charge in [-0.3, -0.25) is 0 Å². The van der Waals surface area contributed by atoms with Crippen LogP contribution < -0.4 is 15.6 Å². The minimum atomic E-state index is -2.22. The van der Waals surface area contributed by atoms with Gasteiger partial charge in [-0.15, -0.1) is 23.5 Å². The van der Waals surface area contributed by atoms with Crippen molar-refractivity contribution in [2.24, 2.45) is 0 Å². The van der Waals surface area contributed by atoms with Crippen LogP contribution in [0, 0.1) is 0 Å². The van der Waals surface area contributed by atoms with Crippen molar-refractivity contribution >= 4 is 47.2 Å². The van der Waals surface area contributed by atoms with E-state index in [1.165, 1.54) is 33.5 Å². The van der Waals surface area contributed by atoms with Crippen molar-refractivity contribution in [2.45, 2.75) is 17.0 Å². The fourth-order valence-corrected chi connectivity index (χ4v) is 15.7. The molecule has 0 bridgehead atoms. The molecule has 1 saturated heterocycles. The van der Waals surface area contributed by atoms with Gasteiger partial charge < -0.3 is 0 Å². The van der Waals surface area contributed by atoms with Crippen LogP contribution in [0.3, 0.4) is 0 Å². The lowest BCUT2D eigenvalue weighted by molar-refractivity contribution is 1.07. The van der Waals surface area contributed by atoms with E-state index in [9.17, 15) is 0 Å². The van der Waals surface area contributed by atoms with E-state index in [-0.39, 0.29) is 3.70 Å². The quantitative estimate of drug-likeness (QED) is 0.480. The van der Waals surface area contributed by atoms with Gasteiger partial charge in [0.1, 0.15) is 0 Å². The maximum Gasteiger partial charge on any atom is 0.175 e. The van der Waals surface area contributed by atoms with Crippen LogP contribution in [0.1, 0.15) is 13.3 Å². The lowest BCUT2D eigenvalue weighted by atomic mass is 10.3. The summed E-state index contributed by atoms with van der Waals surface area (Å²) in [5.41, 5.74) is 0. The Hall–Kier alpha value is -1.42. The van der Waals surface area contributed by atoms with E-state index in [0.29, 0.717) is 0 Å². The first-order chi connectivity index (χ1) is 12.8. The molecular weight excluding hydrogens is 368 g/mol. The Kier molecular flexibility index (Phi) is 5.30. The third kappa shape index (κ3) is 2.96. The van der Waals surface area contributed by atoms with E-state index in [2.05, 4.69) is 121 Å². The molecule has 0 aliphatic carbocycles. The number of hydrogen-bond acceptors (Lipinski definition) is 2. The lowest BCUT2D eigenvalue weighted by Gasteiger charge is -2.49. The molecule has 0 spiro atoms. The zero-order valence-electron chi connectivity index (χ0n) is 15.1. The summed E-state index contributed by atoms with van der Waals surface area (Å²) >= 11 is 4.36. The highest BCUT2D eigenvalue weighted by Crippen LogP contribution is 2.47. The van der Waals surface area contributed by atoms with E-state index in [0.717, 1.165) is 0 Å². The van der Waals surface area contributed by atoms with Crippen molar-refractivity contribution in [2.75, 3.05) is 11.5 Å². The predicted octanol–water partition coefficient (Wildman–Crippen LogP) is 4.28. The van der Waals surface area contributed by atoms with Gasteiger partial charge in [0.15, 0.2) is 8.07 Å². The standard InChI is InChI=1S/C23H24S2Si/c1-23(24-18-11-19-25-23)26(20-12-5-2-6-13-20,21-14-7-3-8-15-21)22-16-9-4-10-17-22/h2-10,12-17H,11,18-19H2,1H3. The van der Waals surface area contributed by atoms with Gasteiger partial charge in [0.05, 0.1) is 3.70 Å². The van der Waals surface area contributed by atoms with Gasteiger partial charge in [0.2, 0.25) is 0 Å². The van der Waals surface area contributed by atoms with Crippen LogP contribution in [0.15, 0.2) is 91.0 Å². The van der Waals surface area contributed by atoms with E-state index < -0.39 is 8.07 Å². The summed E-state index contributed by atoms with van der Waals surface area (Å²) in [6.07, 6.45) is 1.31. The average Bonchev–Trinajstić information content (AvgIpc) is 2.71. The molecule has 1 fully saturated rings. The fourth-order valence-electron chi connectivity index (χ4n) is 4.20. The van der Waals surface area contributed by atoms with Crippen molar-refractivity contribution < 1.29 is 0 Å². The van der Waals surface area contributed by atoms with Crippen molar-refractivity contribution in [3.63, 3.8) is 0 Å². The van der Waals surface area contributed by atoms with Crippen LogP contribution in [-0.2, 0) is 0 Å². The first-order valence-electron chi connectivity index (χ1n) is 9.22. The Morgan fingerprint density at radius 3 is 1.31 bits per heavy atom. The summed E-state index contributed by atoms with van der Waals surface area (Å²) in [6, 6.07) is 33.9. The first-order valence-corrected chi connectivity index (χ1v) is 13.2. The second-order valence-corrected chi connectivity index (χ2v) is 15.1. The largest absolute Gasteiger partial charge is 0.175 e. The van der Waals surface area contributed by atoms with E-state index in [1.54, 1.807) is 0 Å². The molecule has 0 unspecified atom stereocenters. The van der Waals surface area contributed by atoms with Crippen LogP contribution in [0.25, 0.3) is 0 Å². The van der Waals surface area contributed by atoms with Gasteiger partial charge in [0.25, 0.3) is 0 Å². The summed E-state index contributed by atoms with van der Waals surface area (Å²) in [7, 11) is -2.22. The van der Waals surface area contributed by atoms with Gasteiger partial charge in [-0.1, -0.05) is 91.0 Å². The fraction of sp³-hybridized carbons (Fsp3) is 0.217. The molecule has 1 heterocycles. The van der Waals surface area contributed by atoms with Crippen molar-refractivity contribution in [3.8, 4) is 0 Å². The molecule has 0 nitrogen and oxygen atoms in total. The Morgan fingerprint density at radius 2 is 0.962 bits per heavy atom. The molecule has 0 radical (unpaired) electrons. The molecule has 3 aromatic carbocycles. The molecule has 0 aromatic heterocycles. The molecule has 26 heavy (non-hydrogen) atoms. The molecule has 0 N–H and O–H groups in total. The molecule has 1 aliphatic rings. The van der Waals surface area contributed by atoms with Crippen LogP contribution in [0.5, 0.6) is 0 Å². The van der Waals surface area contributed by atoms with Crippen LogP contribution >= 0.6 is 23.5 Å². The second kappa shape index (κ2) is 7.67. The Morgan fingerprint density at radius 1 is 0.615 bits per heavy atom. The highest BCUT2D eigenvalue weighted by molar-refractivity contribution is 8.21. The summed E-state index contributed by atoms with van der Waals surface area (Å²) in [5.74, 6) is 2.51. The van der Waals surface area contributed by atoms with Crippen LogP contribution in [0.4, 0.5) is 0 Å². The van der Waals surface area contributed by atoms with Crippen molar-refractivity contribution in [1.82, 2.24) is 0 Å². The predicted molar refractivity (Wildman–Crippen MR) is 122 cm³/mol. The van der Waals surface area contributed by atoms with Gasteiger partial charge in [-0.25, -0.2) is 0 Å². The van der Waals surface area contributed by atoms with E-state index >= 15 is 0 Å². The normalized spacial score (nSPS) is 17.0. The molecule has 3 heteroatoms. The average molecular weight is 393 g/mol. The third-order valence-corrected chi connectivity index (χ3v) is 15.8. The lowest BCUT2D eigenvalue weighted by Crippen LogP contribution is -2.77. The smallest absolute Gasteiger partial charge is 0.147 e. The summed E-state index contributed by atoms with van der Waals surface area (Å²) in [6.45, 7) is 2.51. The Labute approximate surface area is 166 Å². The summed E-state index contributed by atoms with van der Waals surface area (Å²) in [5, 5.41) is 4.55. The van der Waals surface area contributed by atoms with Gasteiger partial charge in [0, 0.05) is 0 Å². The van der Waals surface area contributed by atoms with Gasteiger partial charge in [-0.2, -0.15) is 0 Å². The zero-order valence-corrected chi connectivity index (χ0v) is 17.7. The molecule has 4 rings (SSSR count). The number of thioether (sulfide) groups is 2. The maximum atomic E-state index is 2.51. The monoisotopic (exact) mass is 392 g/mol. The Balaban J connectivity index is 2.07. The number of rotatable bonds is 4. The number of hydrogen-bond donors (Lipinski definition) is 0. The molecule has 3 aromatic rings. The van der Waals surface area contributed by atoms with Gasteiger partial charge in [-0.05, 0) is 40.4 Å². The second-order valence-electron chi connectivity index (χ2n) is 6.84. The van der Waals surface area contributed by atoms with Crippen LogP contribution in [-0.4, -0.2) is 23.3 Å². The SMILES string of the molecule is CC1([Si](c2ccccc2)(c2ccccc2)c2ccccc2)SCCCS1. The van der Waals surface area contributed by atoms with Crippen molar-refractivity contribution in [3.05, 3.63) is 91.0 Å². The zero-order chi connectivity index (χ0) is 17.9. The molecule has 0 amide bonds.